The summed E-state index contributed by atoms with van der Waals surface area (Å²) >= 11 is 0. The van der Waals surface area contributed by atoms with Crippen molar-refractivity contribution in [3.05, 3.63) is 65.9 Å². The van der Waals surface area contributed by atoms with Crippen LogP contribution in [-0.2, 0) is 6.54 Å². The molecule has 21 heavy (non-hydrogen) atoms. The number of phenols is 1. The van der Waals surface area contributed by atoms with Crippen LogP contribution < -0.4 is 0 Å². The van der Waals surface area contributed by atoms with Gasteiger partial charge in [0.25, 0.3) is 5.91 Å². The summed E-state index contributed by atoms with van der Waals surface area (Å²) in [6.07, 6.45) is 0. The Bertz CT molecular complexity index is 742. The van der Waals surface area contributed by atoms with Crippen molar-refractivity contribution in [3.8, 4) is 5.75 Å². The molecule has 0 spiro atoms. The molecule has 3 aromatic rings. The molecule has 4 nitrogen and oxygen atoms in total. The number of hydrogen-bond donors (Lipinski definition) is 2. The van der Waals surface area contributed by atoms with E-state index >= 15 is 0 Å². The number of fused-ring (bicyclic) bond motifs is 1. The number of amides is 1. The predicted octanol–water partition coefficient (Wildman–Crippen LogP) is 3.15. The zero-order valence-corrected chi connectivity index (χ0v) is 11.7. The average Bonchev–Trinajstić information content (AvgIpc) is 2.92. The van der Waals surface area contributed by atoms with Crippen LogP contribution in [0.15, 0.2) is 54.6 Å². The Kier molecular flexibility index (Phi) is 3.36. The van der Waals surface area contributed by atoms with Crippen LogP contribution in [0.5, 0.6) is 5.75 Å². The smallest absolute Gasteiger partial charge is 0.270 e. The van der Waals surface area contributed by atoms with Crippen molar-refractivity contribution >= 4 is 16.8 Å². The summed E-state index contributed by atoms with van der Waals surface area (Å²) in [7, 11) is 1.76. The van der Waals surface area contributed by atoms with Gasteiger partial charge in [-0.05, 0) is 29.8 Å². The topological polar surface area (TPSA) is 56.3 Å². The molecule has 1 aromatic heterocycles. The number of para-hydroxylation sites is 1. The molecule has 0 fully saturated rings. The largest absolute Gasteiger partial charge is 0.508 e. The Morgan fingerprint density at radius 1 is 1.14 bits per heavy atom. The molecule has 4 heteroatoms. The van der Waals surface area contributed by atoms with E-state index in [2.05, 4.69) is 4.98 Å². The van der Waals surface area contributed by atoms with Gasteiger partial charge in [0.2, 0.25) is 0 Å². The Morgan fingerprint density at radius 3 is 2.57 bits per heavy atom. The highest BCUT2D eigenvalue weighted by atomic mass is 16.3. The first kappa shape index (κ1) is 13.2. The summed E-state index contributed by atoms with van der Waals surface area (Å²) < 4.78 is 0. The van der Waals surface area contributed by atoms with Crippen LogP contribution in [0.2, 0.25) is 0 Å². The van der Waals surface area contributed by atoms with Crippen LogP contribution in [-0.4, -0.2) is 27.9 Å². The molecule has 0 aliphatic heterocycles. The Morgan fingerprint density at radius 2 is 1.86 bits per heavy atom. The van der Waals surface area contributed by atoms with E-state index in [0.717, 1.165) is 16.5 Å². The number of aromatic amines is 1. The molecule has 0 radical (unpaired) electrons. The first-order valence-corrected chi connectivity index (χ1v) is 6.74. The fourth-order valence-corrected chi connectivity index (χ4v) is 2.34. The minimum absolute atomic E-state index is 0.0562. The van der Waals surface area contributed by atoms with Gasteiger partial charge in [-0.25, -0.2) is 0 Å². The molecule has 0 bridgehead atoms. The van der Waals surface area contributed by atoms with E-state index < -0.39 is 0 Å². The van der Waals surface area contributed by atoms with E-state index in [0.29, 0.717) is 12.2 Å². The maximum absolute atomic E-state index is 12.4. The van der Waals surface area contributed by atoms with Crippen LogP contribution >= 0.6 is 0 Å². The van der Waals surface area contributed by atoms with Crippen molar-refractivity contribution in [2.24, 2.45) is 0 Å². The molecule has 2 aromatic carbocycles. The van der Waals surface area contributed by atoms with Gasteiger partial charge in [-0.1, -0.05) is 30.3 Å². The van der Waals surface area contributed by atoms with Crippen LogP contribution in [0.3, 0.4) is 0 Å². The molecule has 0 aliphatic carbocycles. The van der Waals surface area contributed by atoms with Gasteiger partial charge in [0.05, 0.1) is 0 Å². The number of nitrogens with one attached hydrogen (secondary N) is 1. The summed E-state index contributed by atoms with van der Waals surface area (Å²) in [6, 6.07) is 16.5. The van der Waals surface area contributed by atoms with Gasteiger partial charge in [-0.15, -0.1) is 0 Å². The van der Waals surface area contributed by atoms with Gasteiger partial charge in [0, 0.05) is 24.5 Å². The van der Waals surface area contributed by atoms with Gasteiger partial charge >= 0.3 is 0 Å². The molecule has 0 unspecified atom stereocenters. The fourth-order valence-electron chi connectivity index (χ4n) is 2.34. The van der Waals surface area contributed by atoms with Crippen molar-refractivity contribution in [2.45, 2.75) is 6.54 Å². The third kappa shape index (κ3) is 2.74. The second-order valence-electron chi connectivity index (χ2n) is 5.10. The lowest BCUT2D eigenvalue weighted by Crippen LogP contribution is -2.26. The number of nitrogens with zero attached hydrogens (tertiary/aromatic N) is 1. The Balaban J connectivity index is 1.78. The number of phenolic OH excluding ortho intramolecular Hbond substituents is 1. The third-order valence-electron chi connectivity index (χ3n) is 3.46. The number of rotatable bonds is 3. The first-order valence-electron chi connectivity index (χ1n) is 6.74. The maximum Gasteiger partial charge on any atom is 0.270 e. The van der Waals surface area contributed by atoms with Crippen molar-refractivity contribution in [3.63, 3.8) is 0 Å². The number of aromatic nitrogens is 1. The molecule has 1 heterocycles. The molecular formula is C17H16N2O2. The second-order valence-corrected chi connectivity index (χ2v) is 5.10. The van der Waals surface area contributed by atoms with E-state index in [1.54, 1.807) is 24.1 Å². The lowest BCUT2D eigenvalue weighted by atomic mass is 10.2. The number of aromatic hydroxyl groups is 1. The predicted molar refractivity (Wildman–Crippen MR) is 82.2 cm³/mol. The summed E-state index contributed by atoms with van der Waals surface area (Å²) in [6.45, 7) is 0.495. The molecule has 0 atom stereocenters. The molecule has 0 aliphatic rings. The standard InChI is InChI=1S/C17H16N2O2/c1-19(11-12-6-8-14(20)9-7-12)17(21)16-10-13-4-2-3-5-15(13)18-16/h2-10,18,20H,11H2,1H3. The van der Waals surface area contributed by atoms with E-state index in [1.807, 2.05) is 42.5 Å². The Hall–Kier alpha value is -2.75. The van der Waals surface area contributed by atoms with E-state index in [4.69, 9.17) is 0 Å². The minimum atomic E-state index is -0.0562. The highest BCUT2D eigenvalue weighted by Crippen LogP contribution is 2.17. The van der Waals surface area contributed by atoms with Gasteiger partial charge in [0.1, 0.15) is 11.4 Å². The number of benzene rings is 2. The Labute approximate surface area is 122 Å². The van der Waals surface area contributed by atoms with Gasteiger partial charge in [0.15, 0.2) is 0 Å². The van der Waals surface area contributed by atoms with E-state index in [-0.39, 0.29) is 11.7 Å². The number of carbonyl (C=O) groups excluding carboxylic acids is 1. The molecule has 0 saturated carbocycles. The van der Waals surface area contributed by atoms with Crippen LogP contribution in [0.4, 0.5) is 0 Å². The average molecular weight is 280 g/mol. The van der Waals surface area contributed by atoms with Crippen molar-refractivity contribution in [1.82, 2.24) is 9.88 Å². The molecule has 1 amide bonds. The zero-order chi connectivity index (χ0) is 14.8. The third-order valence-corrected chi connectivity index (χ3v) is 3.46. The minimum Gasteiger partial charge on any atom is -0.508 e. The second kappa shape index (κ2) is 5.32. The normalized spacial score (nSPS) is 10.7. The van der Waals surface area contributed by atoms with E-state index in [1.165, 1.54) is 0 Å². The van der Waals surface area contributed by atoms with Crippen molar-refractivity contribution < 1.29 is 9.90 Å². The summed E-state index contributed by atoms with van der Waals surface area (Å²) in [5, 5.41) is 10.3. The van der Waals surface area contributed by atoms with Crippen molar-refractivity contribution in [2.75, 3.05) is 7.05 Å². The van der Waals surface area contributed by atoms with Gasteiger partial charge in [-0.3, -0.25) is 4.79 Å². The first-order chi connectivity index (χ1) is 10.1. The number of H-pyrrole nitrogens is 1. The fraction of sp³-hybridized carbons (Fsp3) is 0.118. The van der Waals surface area contributed by atoms with Crippen molar-refractivity contribution in [1.29, 1.82) is 0 Å². The lowest BCUT2D eigenvalue weighted by Gasteiger charge is -2.16. The molecule has 106 valence electrons. The van der Waals surface area contributed by atoms with E-state index in [9.17, 15) is 9.90 Å². The van der Waals surface area contributed by atoms with Crippen LogP contribution in [0, 0.1) is 0 Å². The summed E-state index contributed by atoms with van der Waals surface area (Å²) in [5.74, 6) is 0.169. The quantitative estimate of drug-likeness (QED) is 0.774. The van der Waals surface area contributed by atoms with Crippen LogP contribution in [0.1, 0.15) is 16.1 Å². The maximum atomic E-state index is 12.4. The highest BCUT2D eigenvalue weighted by molar-refractivity contribution is 5.97. The summed E-state index contributed by atoms with van der Waals surface area (Å²) in [4.78, 5) is 17.2. The van der Waals surface area contributed by atoms with Gasteiger partial charge < -0.3 is 15.0 Å². The molecule has 2 N–H and O–H groups in total. The van der Waals surface area contributed by atoms with Gasteiger partial charge in [-0.2, -0.15) is 0 Å². The number of hydrogen-bond acceptors (Lipinski definition) is 2. The molecule has 3 rings (SSSR count). The summed E-state index contributed by atoms with van der Waals surface area (Å²) in [5.41, 5.74) is 2.51. The zero-order valence-electron chi connectivity index (χ0n) is 11.7. The van der Waals surface area contributed by atoms with Crippen LogP contribution in [0.25, 0.3) is 10.9 Å². The SMILES string of the molecule is CN(Cc1ccc(O)cc1)C(=O)c1cc2ccccc2[nH]1. The lowest BCUT2D eigenvalue weighted by molar-refractivity contribution is 0.0780. The number of carbonyl (C=O) groups is 1. The monoisotopic (exact) mass is 280 g/mol. The molecular weight excluding hydrogens is 264 g/mol. The molecule has 0 saturated heterocycles. The highest BCUT2D eigenvalue weighted by Gasteiger charge is 2.14.